The molecule has 0 aliphatic heterocycles. The number of carbonyl (C=O) groups excluding carboxylic acids is 1. The van der Waals surface area contributed by atoms with Crippen molar-refractivity contribution in [2.75, 3.05) is 4.90 Å². The van der Waals surface area contributed by atoms with Gasteiger partial charge in [-0.05, 0) is 41.0 Å². The Hall–Kier alpha value is -2.67. The molecule has 0 N–H and O–H groups in total. The molecule has 21 heavy (non-hydrogen) atoms. The van der Waals surface area contributed by atoms with Gasteiger partial charge in [-0.25, -0.2) is 4.98 Å². The summed E-state index contributed by atoms with van der Waals surface area (Å²) in [4.78, 5) is 28.2. The minimum Gasteiger partial charge on any atom is -0.274 e. The molecule has 3 aromatic rings. The quantitative estimate of drug-likeness (QED) is 0.690. The molecule has 6 nitrogen and oxygen atoms in total. The molecule has 0 unspecified atom stereocenters. The number of carbonyl (C=O) groups is 1. The van der Waals surface area contributed by atoms with E-state index >= 15 is 0 Å². The Morgan fingerprint density at radius 2 is 2.14 bits per heavy atom. The van der Waals surface area contributed by atoms with Crippen molar-refractivity contribution in [3.8, 4) is 0 Å². The molecule has 2 aromatic heterocycles. The van der Waals surface area contributed by atoms with Gasteiger partial charge in [0.25, 0.3) is 0 Å². The molecule has 0 atom stereocenters. The van der Waals surface area contributed by atoms with Crippen LogP contribution in [0.1, 0.15) is 6.92 Å². The van der Waals surface area contributed by atoms with Crippen molar-refractivity contribution in [3.05, 3.63) is 47.6 Å². The van der Waals surface area contributed by atoms with Crippen molar-refractivity contribution in [2.45, 2.75) is 6.92 Å². The maximum Gasteiger partial charge on any atom is 0.229 e. The van der Waals surface area contributed by atoms with E-state index in [2.05, 4.69) is 14.5 Å². The Kier molecular flexibility index (Phi) is 3.41. The number of anilines is 2. The van der Waals surface area contributed by atoms with E-state index < -0.39 is 0 Å². The van der Waals surface area contributed by atoms with E-state index in [1.807, 2.05) is 18.2 Å². The predicted octanol–water partition coefficient (Wildman–Crippen LogP) is 3.77. The standard InChI is InChI=1S/C14H10N4O2S/c1-9(19)18(14-6-11(17-20)4-5-15-14)12-3-2-10-8-16-21-13(10)7-12/h2-8H,1H3. The van der Waals surface area contributed by atoms with Gasteiger partial charge in [0.1, 0.15) is 11.5 Å². The van der Waals surface area contributed by atoms with Crippen molar-refractivity contribution in [3.63, 3.8) is 0 Å². The molecule has 0 aliphatic carbocycles. The number of rotatable bonds is 3. The highest BCUT2D eigenvalue weighted by molar-refractivity contribution is 7.13. The third-order valence-corrected chi connectivity index (χ3v) is 3.74. The molecule has 1 amide bonds. The summed E-state index contributed by atoms with van der Waals surface area (Å²) < 4.78 is 5.09. The van der Waals surface area contributed by atoms with Crippen LogP contribution in [0.5, 0.6) is 0 Å². The number of hydrogen-bond donors (Lipinski definition) is 0. The molecule has 104 valence electrons. The van der Waals surface area contributed by atoms with E-state index in [-0.39, 0.29) is 11.6 Å². The highest BCUT2D eigenvalue weighted by Crippen LogP contribution is 2.30. The molecule has 0 aliphatic rings. The van der Waals surface area contributed by atoms with Gasteiger partial charge in [0.2, 0.25) is 5.91 Å². The largest absolute Gasteiger partial charge is 0.274 e. The highest BCUT2D eigenvalue weighted by atomic mass is 32.1. The van der Waals surface area contributed by atoms with E-state index in [0.717, 1.165) is 10.1 Å². The fourth-order valence-electron chi connectivity index (χ4n) is 2.05. The summed E-state index contributed by atoms with van der Waals surface area (Å²) in [5, 5.41) is 3.89. The maximum absolute atomic E-state index is 12.0. The van der Waals surface area contributed by atoms with Crippen LogP contribution < -0.4 is 4.90 Å². The molecule has 0 bridgehead atoms. The van der Waals surface area contributed by atoms with E-state index in [4.69, 9.17) is 0 Å². The van der Waals surface area contributed by atoms with Gasteiger partial charge in [0.15, 0.2) is 0 Å². The van der Waals surface area contributed by atoms with Crippen molar-refractivity contribution in [1.82, 2.24) is 9.36 Å². The van der Waals surface area contributed by atoms with Crippen LogP contribution in [0.3, 0.4) is 0 Å². The van der Waals surface area contributed by atoms with Gasteiger partial charge in [-0.15, -0.1) is 4.91 Å². The number of amides is 1. The predicted molar refractivity (Wildman–Crippen MR) is 82.1 cm³/mol. The van der Waals surface area contributed by atoms with Gasteiger partial charge >= 0.3 is 0 Å². The Bertz CT molecular complexity index is 830. The van der Waals surface area contributed by atoms with E-state index in [0.29, 0.717) is 11.5 Å². The molecule has 0 saturated carbocycles. The second-order valence-electron chi connectivity index (χ2n) is 4.37. The Morgan fingerprint density at radius 1 is 1.29 bits per heavy atom. The summed E-state index contributed by atoms with van der Waals surface area (Å²) in [6.07, 6.45) is 3.23. The Labute approximate surface area is 124 Å². The molecule has 3 rings (SSSR count). The maximum atomic E-state index is 12.0. The van der Waals surface area contributed by atoms with Crippen LogP contribution in [-0.4, -0.2) is 15.3 Å². The molecular weight excluding hydrogens is 288 g/mol. The number of pyridine rings is 1. The van der Waals surface area contributed by atoms with E-state index in [9.17, 15) is 9.70 Å². The molecule has 0 spiro atoms. The van der Waals surface area contributed by atoms with Gasteiger partial charge in [0.05, 0.1) is 10.4 Å². The van der Waals surface area contributed by atoms with Gasteiger partial charge in [0, 0.05) is 30.8 Å². The van der Waals surface area contributed by atoms with Crippen LogP contribution in [0.4, 0.5) is 17.2 Å². The smallest absolute Gasteiger partial charge is 0.229 e. The first-order chi connectivity index (χ1) is 10.2. The first kappa shape index (κ1) is 13.3. The van der Waals surface area contributed by atoms with Crippen molar-refractivity contribution in [1.29, 1.82) is 0 Å². The number of nitrogens with zero attached hydrogens (tertiary/aromatic N) is 4. The Balaban J connectivity index is 2.12. The lowest BCUT2D eigenvalue weighted by Crippen LogP contribution is -2.23. The fraction of sp³-hybridized carbons (Fsp3) is 0.0714. The van der Waals surface area contributed by atoms with Gasteiger partial charge in [-0.3, -0.25) is 9.69 Å². The zero-order valence-corrected chi connectivity index (χ0v) is 11.9. The molecule has 7 heteroatoms. The monoisotopic (exact) mass is 298 g/mol. The second-order valence-corrected chi connectivity index (χ2v) is 5.20. The number of nitroso groups, excluding NO2 is 1. The first-order valence-electron chi connectivity index (χ1n) is 6.13. The summed E-state index contributed by atoms with van der Waals surface area (Å²) >= 11 is 1.36. The van der Waals surface area contributed by atoms with Gasteiger partial charge in [-0.2, -0.15) is 4.37 Å². The summed E-state index contributed by atoms with van der Waals surface area (Å²) in [6.45, 7) is 1.44. The summed E-state index contributed by atoms with van der Waals surface area (Å²) in [5.41, 5.74) is 0.903. The number of hydrogen-bond acceptors (Lipinski definition) is 6. The van der Waals surface area contributed by atoms with Crippen LogP contribution >= 0.6 is 11.5 Å². The van der Waals surface area contributed by atoms with Crippen LogP contribution in [0.15, 0.2) is 47.9 Å². The van der Waals surface area contributed by atoms with Crippen LogP contribution in [0, 0.1) is 4.91 Å². The lowest BCUT2D eigenvalue weighted by molar-refractivity contribution is -0.115. The average Bonchev–Trinajstić information content (AvgIpc) is 2.95. The SMILES string of the molecule is CC(=O)N(c1ccc2cnsc2c1)c1cc(N=O)ccn1. The van der Waals surface area contributed by atoms with Crippen molar-refractivity contribution < 1.29 is 4.79 Å². The summed E-state index contributed by atoms with van der Waals surface area (Å²) in [5.74, 6) is 0.165. The first-order valence-corrected chi connectivity index (χ1v) is 6.91. The fourth-order valence-corrected chi connectivity index (χ4v) is 2.73. The highest BCUT2D eigenvalue weighted by Gasteiger charge is 2.16. The van der Waals surface area contributed by atoms with Crippen LogP contribution in [0.2, 0.25) is 0 Å². The third kappa shape index (κ3) is 2.50. The van der Waals surface area contributed by atoms with Crippen LogP contribution in [-0.2, 0) is 4.79 Å². The number of aromatic nitrogens is 2. The minimum atomic E-state index is -0.200. The van der Waals surface area contributed by atoms with E-state index in [1.165, 1.54) is 41.7 Å². The van der Waals surface area contributed by atoms with E-state index in [1.54, 1.807) is 6.20 Å². The Morgan fingerprint density at radius 3 is 2.90 bits per heavy atom. The molecule has 2 heterocycles. The number of benzene rings is 1. The van der Waals surface area contributed by atoms with Gasteiger partial charge < -0.3 is 0 Å². The topological polar surface area (TPSA) is 75.5 Å². The molecule has 0 fully saturated rings. The third-order valence-electron chi connectivity index (χ3n) is 2.98. The van der Waals surface area contributed by atoms with Crippen molar-refractivity contribution >= 4 is 44.7 Å². The second kappa shape index (κ2) is 5.37. The van der Waals surface area contributed by atoms with Gasteiger partial charge in [-0.1, -0.05) is 0 Å². The molecule has 1 aromatic carbocycles. The summed E-state index contributed by atoms with van der Waals surface area (Å²) in [7, 11) is 0. The zero-order valence-electron chi connectivity index (χ0n) is 11.1. The summed E-state index contributed by atoms with van der Waals surface area (Å²) in [6, 6.07) is 8.55. The average molecular weight is 298 g/mol. The van der Waals surface area contributed by atoms with Crippen LogP contribution in [0.25, 0.3) is 10.1 Å². The minimum absolute atomic E-state index is 0.200. The lowest BCUT2D eigenvalue weighted by atomic mass is 10.2. The number of fused-ring (bicyclic) bond motifs is 1. The normalized spacial score (nSPS) is 10.5. The molecule has 0 radical (unpaired) electrons. The molecule has 0 saturated heterocycles. The zero-order chi connectivity index (χ0) is 14.8. The lowest BCUT2D eigenvalue weighted by Gasteiger charge is -2.20. The molecular formula is C14H10N4O2S. The van der Waals surface area contributed by atoms with Crippen molar-refractivity contribution in [2.24, 2.45) is 5.18 Å².